The average Bonchev–Trinajstić information content (AvgIpc) is 2.95. The zero-order valence-electron chi connectivity index (χ0n) is 13.6. The van der Waals surface area contributed by atoms with Crippen LogP contribution in [0.3, 0.4) is 0 Å². The minimum Gasteiger partial charge on any atom is -0.455 e. The fraction of sp³-hybridized carbons (Fsp3) is 0.0909. The highest BCUT2D eigenvalue weighted by molar-refractivity contribution is 6.31. The van der Waals surface area contributed by atoms with Crippen LogP contribution in [0, 0.1) is 13.8 Å². The Morgan fingerprint density at radius 1 is 0.708 bits per heavy atom. The summed E-state index contributed by atoms with van der Waals surface area (Å²) in [6, 6.07) is 22.7. The summed E-state index contributed by atoms with van der Waals surface area (Å²) in [6.45, 7) is 4.18. The van der Waals surface area contributed by atoms with Crippen LogP contribution in [0.25, 0.3) is 33.4 Å². The maximum atomic E-state index is 6.24. The van der Waals surface area contributed by atoms with Gasteiger partial charge in [0.15, 0.2) is 0 Å². The molecule has 0 saturated heterocycles. The molecule has 0 atom stereocenters. The first-order valence-electron chi connectivity index (χ1n) is 7.98. The number of rotatable bonds is 2. The molecule has 0 unspecified atom stereocenters. The van der Waals surface area contributed by atoms with Gasteiger partial charge in [0.25, 0.3) is 0 Å². The van der Waals surface area contributed by atoms with E-state index < -0.39 is 0 Å². The number of hydrogen-bond acceptors (Lipinski definition) is 1. The molecule has 3 aromatic carbocycles. The largest absolute Gasteiger partial charge is 0.455 e. The van der Waals surface area contributed by atoms with E-state index in [-0.39, 0.29) is 0 Å². The van der Waals surface area contributed by atoms with Gasteiger partial charge in [-0.05, 0) is 37.6 Å². The van der Waals surface area contributed by atoms with E-state index in [1.807, 2.05) is 18.2 Å². The molecule has 0 amide bonds. The summed E-state index contributed by atoms with van der Waals surface area (Å²) in [6.07, 6.45) is 0. The van der Waals surface area contributed by atoms with Gasteiger partial charge in [-0.25, -0.2) is 0 Å². The molecule has 0 aliphatic rings. The molecule has 1 heterocycles. The molecule has 1 aromatic heterocycles. The fourth-order valence-corrected chi connectivity index (χ4v) is 3.16. The van der Waals surface area contributed by atoms with Crippen molar-refractivity contribution in [2.24, 2.45) is 0 Å². The molecular formula is C22H17ClO. The maximum Gasteiger partial charge on any atom is 0.143 e. The van der Waals surface area contributed by atoms with Crippen LogP contribution in [0.15, 0.2) is 71.1 Å². The highest BCUT2D eigenvalue weighted by atomic mass is 35.5. The zero-order valence-corrected chi connectivity index (χ0v) is 14.4. The van der Waals surface area contributed by atoms with Gasteiger partial charge in [0, 0.05) is 21.5 Å². The Kier molecular flexibility index (Phi) is 3.66. The molecule has 4 aromatic rings. The van der Waals surface area contributed by atoms with Crippen LogP contribution in [-0.2, 0) is 0 Å². The summed E-state index contributed by atoms with van der Waals surface area (Å²) < 4.78 is 6.21. The van der Waals surface area contributed by atoms with Crippen molar-refractivity contribution in [2.75, 3.05) is 0 Å². The third kappa shape index (κ3) is 2.61. The predicted octanol–water partition coefficient (Wildman–Crippen LogP) is 7.04. The van der Waals surface area contributed by atoms with Crippen LogP contribution < -0.4 is 0 Å². The molecule has 118 valence electrons. The molecule has 0 fully saturated rings. The van der Waals surface area contributed by atoms with E-state index >= 15 is 0 Å². The average molecular weight is 333 g/mol. The second-order valence-electron chi connectivity index (χ2n) is 6.18. The number of benzene rings is 3. The number of halogens is 1. The topological polar surface area (TPSA) is 13.1 Å². The van der Waals surface area contributed by atoms with Crippen LogP contribution in [-0.4, -0.2) is 0 Å². The summed E-state index contributed by atoms with van der Waals surface area (Å²) in [5.74, 6) is 0.885. The lowest BCUT2D eigenvalue weighted by molar-refractivity contribution is 0.632. The monoisotopic (exact) mass is 332 g/mol. The molecule has 0 spiro atoms. The van der Waals surface area contributed by atoms with Gasteiger partial charge in [-0.2, -0.15) is 0 Å². The number of furan rings is 1. The SMILES string of the molecule is Cc1ccc(-c2oc3ccc(Cl)cc3c2-c2ccc(C)cc2)cc1. The van der Waals surface area contributed by atoms with Gasteiger partial charge < -0.3 is 4.42 Å². The van der Waals surface area contributed by atoms with Crippen molar-refractivity contribution in [3.8, 4) is 22.5 Å². The molecule has 0 saturated carbocycles. The van der Waals surface area contributed by atoms with E-state index in [4.69, 9.17) is 16.0 Å². The molecule has 0 aliphatic carbocycles. The molecule has 0 radical (unpaired) electrons. The molecule has 4 rings (SSSR count). The first-order valence-corrected chi connectivity index (χ1v) is 8.36. The van der Waals surface area contributed by atoms with E-state index in [0.29, 0.717) is 5.02 Å². The molecule has 1 nitrogen and oxygen atoms in total. The van der Waals surface area contributed by atoms with E-state index in [1.165, 1.54) is 11.1 Å². The summed E-state index contributed by atoms with van der Waals surface area (Å²) in [5.41, 5.74) is 6.62. The van der Waals surface area contributed by atoms with E-state index in [9.17, 15) is 0 Å². The minimum atomic E-state index is 0.715. The lowest BCUT2D eigenvalue weighted by atomic mass is 9.97. The summed E-state index contributed by atoms with van der Waals surface area (Å²) >= 11 is 6.24. The second kappa shape index (κ2) is 5.85. The van der Waals surface area contributed by atoms with E-state index in [1.54, 1.807) is 0 Å². The fourth-order valence-electron chi connectivity index (χ4n) is 2.98. The highest BCUT2D eigenvalue weighted by Crippen LogP contribution is 2.41. The quantitative estimate of drug-likeness (QED) is 0.383. The van der Waals surface area contributed by atoms with Crippen molar-refractivity contribution in [1.29, 1.82) is 0 Å². The van der Waals surface area contributed by atoms with Crippen LogP contribution in [0.1, 0.15) is 11.1 Å². The van der Waals surface area contributed by atoms with Crippen molar-refractivity contribution >= 4 is 22.6 Å². The van der Waals surface area contributed by atoms with E-state index in [0.717, 1.165) is 33.4 Å². The van der Waals surface area contributed by atoms with Crippen molar-refractivity contribution < 1.29 is 4.42 Å². The third-order valence-corrected chi connectivity index (χ3v) is 4.54. The van der Waals surface area contributed by atoms with Crippen molar-refractivity contribution in [3.63, 3.8) is 0 Å². The molecular weight excluding hydrogens is 316 g/mol. The maximum absolute atomic E-state index is 6.24. The van der Waals surface area contributed by atoms with Gasteiger partial charge in [-0.3, -0.25) is 0 Å². The van der Waals surface area contributed by atoms with Gasteiger partial charge in [-0.15, -0.1) is 0 Å². The smallest absolute Gasteiger partial charge is 0.143 e. The standard InChI is InChI=1S/C22H17ClO/c1-14-3-7-16(8-4-14)21-19-13-18(23)11-12-20(19)24-22(21)17-9-5-15(2)6-10-17/h3-13H,1-2H3. The lowest BCUT2D eigenvalue weighted by Crippen LogP contribution is -1.82. The van der Waals surface area contributed by atoms with Crippen molar-refractivity contribution in [2.45, 2.75) is 13.8 Å². The van der Waals surface area contributed by atoms with Gasteiger partial charge in [-0.1, -0.05) is 71.3 Å². The summed E-state index contributed by atoms with van der Waals surface area (Å²) in [7, 11) is 0. The Bertz CT molecular complexity index is 1010. The van der Waals surface area contributed by atoms with Gasteiger partial charge in [0.05, 0.1) is 0 Å². The third-order valence-electron chi connectivity index (χ3n) is 4.30. The first kappa shape index (κ1) is 15.0. The van der Waals surface area contributed by atoms with Gasteiger partial charge in [0.1, 0.15) is 11.3 Å². The van der Waals surface area contributed by atoms with Crippen LogP contribution in [0.4, 0.5) is 0 Å². The second-order valence-corrected chi connectivity index (χ2v) is 6.62. The highest BCUT2D eigenvalue weighted by Gasteiger charge is 2.17. The Morgan fingerprint density at radius 3 is 1.92 bits per heavy atom. The molecule has 0 aliphatic heterocycles. The van der Waals surface area contributed by atoms with Gasteiger partial charge >= 0.3 is 0 Å². The molecule has 24 heavy (non-hydrogen) atoms. The lowest BCUT2D eigenvalue weighted by Gasteiger charge is -2.05. The summed E-state index contributed by atoms with van der Waals surface area (Å²) in [4.78, 5) is 0. The van der Waals surface area contributed by atoms with Crippen molar-refractivity contribution in [1.82, 2.24) is 0 Å². The first-order chi connectivity index (χ1) is 11.6. The number of fused-ring (bicyclic) bond motifs is 1. The van der Waals surface area contributed by atoms with E-state index in [2.05, 4.69) is 62.4 Å². The predicted molar refractivity (Wildman–Crippen MR) is 102 cm³/mol. The Hall–Kier alpha value is -2.51. The Labute approximate surface area is 146 Å². The number of hydrogen-bond donors (Lipinski definition) is 0. The Morgan fingerprint density at radius 2 is 1.29 bits per heavy atom. The zero-order chi connectivity index (χ0) is 16.7. The van der Waals surface area contributed by atoms with Crippen LogP contribution >= 0.6 is 11.6 Å². The molecule has 0 N–H and O–H groups in total. The van der Waals surface area contributed by atoms with Gasteiger partial charge in [0.2, 0.25) is 0 Å². The van der Waals surface area contributed by atoms with Crippen molar-refractivity contribution in [3.05, 3.63) is 82.9 Å². The Balaban J connectivity index is 2.03. The molecule has 0 bridgehead atoms. The summed E-state index contributed by atoms with van der Waals surface area (Å²) in [5, 5.41) is 1.76. The van der Waals surface area contributed by atoms with Crippen LogP contribution in [0.2, 0.25) is 5.02 Å². The molecule has 2 heteroatoms. The van der Waals surface area contributed by atoms with Crippen LogP contribution in [0.5, 0.6) is 0 Å². The number of aryl methyl sites for hydroxylation is 2. The normalized spacial score (nSPS) is 11.1. The minimum absolute atomic E-state index is 0.715.